The lowest BCUT2D eigenvalue weighted by Crippen LogP contribution is -2.23. The zero-order chi connectivity index (χ0) is 22.0. The molecule has 0 aliphatic rings. The first-order valence-corrected chi connectivity index (χ1v) is 10.7. The first-order valence-electron chi connectivity index (χ1n) is 9.14. The molecule has 0 fully saturated rings. The molecule has 0 spiro atoms. The number of alkyl halides is 1. The van der Waals surface area contributed by atoms with Crippen LogP contribution in [0.25, 0.3) is 10.9 Å². The normalized spacial score (nSPS) is 12.0. The Labute approximate surface area is 189 Å². The lowest BCUT2D eigenvalue weighted by Gasteiger charge is -2.13. The van der Waals surface area contributed by atoms with Crippen molar-refractivity contribution in [1.29, 1.82) is 0 Å². The summed E-state index contributed by atoms with van der Waals surface area (Å²) < 4.78 is 20.6. The number of carboxylic acid groups (broad SMARTS) is 1. The van der Waals surface area contributed by atoms with E-state index in [1.165, 1.54) is 0 Å². The van der Waals surface area contributed by atoms with Crippen LogP contribution in [0.3, 0.4) is 0 Å². The number of ether oxygens (including phenoxy) is 1. The van der Waals surface area contributed by atoms with Crippen LogP contribution < -0.4 is 10.1 Å². The molecule has 1 aromatic heterocycles. The Morgan fingerprint density at radius 1 is 1.23 bits per heavy atom. The molecule has 158 valence electrons. The van der Waals surface area contributed by atoms with Gasteiger partial charge in [0.15, 0.2) is 5.75 Å². The van der Waals surface area contributed by atoms with E-state index in [-0.39, 0.29) is 12.3 Å². The number of hydrogen-bond acceptors (Lipinski definition) is 3. The van der Waals surface area contributed by atoms with Gasteiger partial charge in [-0.1, -0.05) is 0 Å². The maximum absolute atomic E-state index is 13.5. The van der Waals surface area contributed by atoms with Crippen molar-refractivity contribution in [2.75, 3.05) is 6.54 Å². The van der Waals surface area contributed by atoms with E-state index in [2.05, 4.69) is 42.2 Å². The first-order chi connectivity index (χ1) is 14.2. The third kappa shape index (κ3) is 4.67. The number of H-pyrrole nitrogens is 1. The minimum Gasteiger partial charge on any atom is -0.479 e. The molecule has 0 bridgehead atoms. The molecule has 0 radical (unpaired) electrons. The zero-order valence-corrected chi connectivity index (χ0v) is 19.4. The van der Waals surface area contributed by atoms with Crippen molar-refractivity contribution in [3.63, 3.8) is 0 Å². The van der Waals surface area contributed by atoms with Crippen LogP contribution in [0.15, 0.2) is 39.3 Å². The molecule has 1 amide bonds. The van der Waals surface area contributed by atoms with E-state index in [0.29, 0.717) is 38.2 Å². The van der Waals surface area contributed by atoms with Gasteiger partial charge in [-0.05, 0) is 87.2 Å². The Bertz CT molecular complexity index is 1110. The second kappa shape index (κ2) is 9.18. The van der Waals surface area contributed by atoms with Crippen LogP contribution in [-0.4, -0.2) is 34.7 Å². The number of aliphatic carboxylic acids is 1. The maximum atomic E-state index is 13.5. The molecule has 1 unspecified atom stereocenters. The van der Waals surface area contributed by atoms with E-state index in [9.17, 15) is 14.0 Å². The highest BCUT2D eigenvalue weighted by Crippen LogP contribution is 2.39. The van der Waals surface area contributed by atoms with Crippen molar-refractivity contribution < 1.29 is 23.8 Å². The number of aromatic nitrogens is 1. The molecule has 0 saturated carbocycles. The van der Waals surface area contributed by atoms with E-state index in [4.69, 9.17) is 9.84 Å². The Morgan fingerprint density at radius 3 is 2.50 bits per heavy atom. The first kappa shape index (κ1) is 22.3. The Balaban J connectivity index is 1.89. The van der Waals surface area contributed by atoms with Crippen LogP contribution in [-0.2, 0) is 11.2 Å². The number of hydrogen-bond donors (Lipinski definition) is 3. The van der Waals surface area contributed by atoms with E-state index >= 15 is 0 Å². The monoisotopic (exact) mass is 540 g/mol. The quantitative estimate of drug-likeness (QED) is 0.368. The fourth-order valence-electron chi connectivity index (χ4n) is 3.09. The lowest BCUT2D eigenvalue weighted by atomic mass is 10.1. The molecule has 3 N–H and O–H groups in total. The van der Waals surface area contributed by atoms with Crippen LogP contribution in [0.5, 0.6) is 11.5 Å². The number of rotatable bonds is 7. The Morgan fingerprint density at radius 2 is 1.90 bits per heavy atom. The molecular formula is C21H19Br2FN2O4. The third-order valence-corrected chi connectivity index (χ3v) is 5.73. The Kier molecular flexibility index (Phi) is 6.82. The molecule has 9 heteroatoms. The van der Waals surface area contributed by atoms with E-state index in [0.717, 1.165) is 16.5 Å². The van der Waals surface area contributed by atoms with Gasteiger partial charge in [-0.2, -0.15) is 0 Å². The maximum Gasteiger partial charge on any atom is 0.338 e. The van der Waals surface area contributed by atoms with Crippen LogP contribution in [0.1, 0.15) is 28.5 Å². The molecule has 6 nitrogen and oxygen atoms in total. The number of amides is 1. The highest BCUT2D eigenvalue weighted by atomic mass is 79.9. The van der Waals surface area contributed by atoms with Gasteiger partial charge in [0.2, 0.25) is 6.17 Å². The second-order valence-electron chi connectivity index (χ2n) is 6.69. The smallest absolute Gasteiger partial charge is 0.338 e. The van der Waals surface area contributed by atoms with E-state index < -0.39 is 12.1 Å². The van der Waals surface area contributed by atoms with Gasteiger partial charge in [-0.25, -0.2) is 9.18 Å². The number of aryl methyl sites for hydroxylation is 1. The van der Waals surface area contributed by atoms with Crippen LogP contribution in [0.4, 0.5) is 4.39 Å². The summed E-state index contributed by atoms with van der Waals surface area (Å²) in [6, 6.07) is 8.69. The topological polar surface area (TPSA) is 91.4 Å². The lowest BCUT2D eigenvalue weighted by molar-refractivity contribution is -0.142. The SMILES string of the molecule is CCNC(=O)c1[nH]c2ccc(Oc3c(Br)cc(CC(F)C(=O)O)cc3Br)cc2c1C. The average molecular weight is 542 g/mol. The fraction of sp³-hybridized carbons (Fsp3) is 0.238. The third-order valence-electron chi connectivity index (χ3n) is 4.55. The van der Waals surface area contributed by atoms with Crippen molar-refractivity contribution >= 4 is 54.6 Å². The van der Waals surface area contributed by atoms with Gasteiger partial charge >= 0.3 is 5.97 Å². The van der Waals surface area contributed by atoms with Gasteiger partial charge in [-0.3, -0.25) is 4.79 Å². The molecular weight excluding hydrogens is 523 g/mol. The largest absolute Gasteiger partial charge is 0.479 e. The van der Waals surface area contributed by atoms with Crippen molar-refractivity contribution in [3.8, 4) is 11.5 Å². The van der Waals surface area contributed by atoms with Gasteiger partial charge < -0.3 is 20.1 Å². The molecule has 3 aromatic rings. The number of halogens is 3. The summed E-state index contributed by atoms with van der Waals surface area (Å²) in [7, 11) is 0. The highest BCUT2D eigenvalue weighted by Gasteiger charge is 2.19. The minimum absolute atomic E-state index is 0.165. The van der Waals surface area contributed by atoms with Crippen molar-refractivity contribution in [2.45, 2.75) is 26.4 Å². The van der Waals surface area contributed by atoms with Crippen LogP contribution in [0, 0.1) is 6.92 Å². The highest BCUT2D eigenvalue weighted by molar-refractivity contribution is 9.11. The molecule has 1 atom stereocenters. The van der Waals surface area contributed by atoms with Crippen molar-refractivity contribution in [2.24, 2.45) is 0 Å². The van der Waals surface area contributed by atoms with Gasteiger partial charge in [0.1, 0.15) is 11.4 Å². The number of aromatic amines is 1. The molecule has 0 aliphatic carbocycles. The summed E-state index contributed by atoms with van der Waals surface area (Å²) >= 11 is 6.81. The van der Waals surface area contributed by atoms with E-state index in [1.54, 1.807) is 18.2 Å². The predicted octanol–water partition coefficient (Wildman–Crippen LogP) is 5.51. The number of carbonyl (C=O) groups excluding carboxylic acids is 1. The second-order valence-corrected chi connectivity index (χ2v) is 8.40. The number of carboxylic acids is 1. The van der Waals surface area contributed by atoms with Crippen molar-refractivity contribution in [1.82, 2.24) is 10.3 Å². The standard InChI is InChI=1S/C21H19Br2FN2O4/c1-3-25-20(27)18-10(2)13-9-12(4-5-17(13)26-18)30-19-14(22)6-11(7-15(19)23)8-16(24)21(28)29/h4-7,9,16,26H,3,8H2,1-2H3,(H,25,27)(H,28,29). The molecule has 30 heavy (non-hydrogen) atoms. The molecule has 0 saturated heterocycles. The number of nitrogens with one attached hydrogen (secondary N) is 2. The summed E-state index contributed by atoms with van der Waals surface area (Å²) in [4.78, 5) is 26.1. The van der Waals surface area contributed by atoms with Gasteiger partial charge in [0.05, 0.1) is 8.95 Å². The number of carbonyl (C=O) groups is 2. The van der Waals surface area contributed by atoms with Gasteiger partial charge in [-0.15, -0.1) is 0 Å². The van der Waals surface area contributed by atoms with Crippen LogP contribution in [0.2, 0.25) is 0 Å². The summed E-state index contributed by atoms with van der Waals surface area (Å²) in [6.07, 6.45) is -2.22. The summed E-state index contributed by atoms with van der Waals surface area (Å²) in [6.45, 7) is 4.26. The number of fused-ring (bicyclic) bond motifs is 1. The minimum atomic E-state index is -1.98. The molecule has 1 heterocycles. The van der Waals surface area contributed by atoms with Gasteiger partial charge in [0, 0.05) is 23.9 Å². The van der Waals surface area contributed by atoms with Crippen molar-refractivity contribution in [3.05, 3.63) is 56.1 Å². The van der Waals surface area contributed by atoms with E-state index in [1.807, 2.05) is 26.0 Å². The summed E-state index contributed by atoms with van der Waals surface area (Å²) in [5, 5.41) is 12.4. The number of benzene rings is 2. The molecule has 2 aromatic carbocycles. The zero-order valence-electron chi connectivity index (χ0n) is 16.2. The fourth-order valence-corrected chi connectivity index (χ4v) is 4.53. The molecule has 0 aliphatic heterocycles. The summed E-state index contributed by atoms with van der Waals surface area (Å²) in [5.74, 6) is -0.636. The predicted molar refractivity (Wildman–Crippen MR) is 119 cm³/mol. The Hall–Kier alpha value is -2.39. The molecule has 3 rings (SSSR count). The van der Waals surface area contributed by atoms with Gasteiger partial charge in [0.25, 0.3) is 5.91 Å². The average Bonchev–Trinajstić information content (AvgIpc) is 3.01. The summed E-state index contributed by atoms with van der Waals surface area (Å²) in [5.41, 5.74) is 2.66. The van der Waals surface area contributed by atoms with Crippen LogP contribution >= 0.6 is 31.9 Å².